The van der Waals surface area contributed by atoms with Crippen molar-refractivity contribution in [3.63, 3.8) is 0 Å². The second-order valence-corrected chi connectivity index (χ2v) is 7.74. The first-order valence-corrected chi connectivity index (χ1v) is 10.7. The van der Waals surface area contributed by atoms with Crippen LogP contribution in [0.4, 0.5) is 0 Å². The van der Waals surface area contributed by atoms with Crippen LogP contribution >= 0.6 is 0 Å². The van der Waals surface area contributed by atoms with Gasteiger partial charge in [-0.05, 0) is 12.5 Å². The van der Waals surface area contributed by atoms with Gasteiger partial charge in [-0.15, -0.1) is 0 Å². The first-order valence-electron chi connectivity index (χ1n) is 9.17. The van der Waals surface area contributed by atoms with Crippen molar-refractivity contribution in [1.29, 1.82) is 0 Å². The number of para-hydroxylation sites is 1. The number of benzene rings is 1. The predicted octanol–water partition coefficient (Wildman–Crippen LogP) is 2.04. The maximum atomic E-state index is 10.9. The number of unbranched alkanes of at least 4 members (excludes halogenated alkanes) is 9. The molecule has 4 nitrogen and oxygen atoms in total. The molecule has 0 saturated carbocycles. The van der Waals surface area contributed by atoms with Gasteiger partial charge in [0, 0.05) is 5.56 Å². The summed E-state index contributed by atoms with van der Waals surface area (Å²) in [7, 11) is -4.28. The Balaban J connectivity index is 0.00000576. The van der Waals surface area contributed by atoms with Crippen molar-refractivity contribution in [2.24, 2.45) is 0 Å². The SMILES string of the molecule is CCCCCCCCCCCCOc1ccccc1CS(=O)(=O)[O-].[Na+]. The number of hydrogen-bond acceptors (Lipinski definition) is 4. The molecule has 0 unspecified atom stereocenters. The molecular formula is C19H31NaO4S. The third-order valence-electron chi connectivity index (χ3n) is 4.06. The van der Waals surface area contributed by atoms with E-state index in [1.54, 1.807) is 24.3 Å². The second-order valence-electron chi connectivity index (χ2n) is 6.34. The van der Waals surface area contributed by atoms with Crippen LogP contribution in [0.15, 0.2) is 24.3 Å². The Morgan fingerprint density at radius 3 is 1.96 bits per heavy atom. The summed E-state index contributed by atoms with van der Waals surface area (Å²) in [6.07, 6.45) is 12.6. The Morgan fingerprint density at radius 2 is 1.40 bits per heavy atom. The van der Waals surface area contributed by atoms with Gasteiger partial charge < -0.3 is 9.29 Å². The molecule has 6 heteroatoms. The van der Waals surface area contributed by atoms with Crippen molar-refractivity contribution < 1.29 is 47.3 Å². The average Bonchev–Trinajstić information content (AvgIpc) is 2.52. The van der Waals surface area contributed by atoms with E-state index in [1.807, 2.05) is 0 Å². The molecule has 0 radical (unpaired) electrons. The van der Waals surface area contributed by atoms with Crippen LogP contribution in [-0.2, 0) is 15.9 Å². The molecule has 0 saturated heterocycles. The molecule has 0 aliphatic carbocycles. The largest absolute Gasteiger partial charge is 1.00 e. The van der Waals surface area contributed by atoms with Gasteiger partial charge in [0.2, 0.25) is 0 Å². The zero-order chi connectivity index (χ0) is 17.7. The van der Waals surface area contributed by atoms with Gasteiger partial charge in [-0.25, -0.2) is 8.42 Å². The molecule has 1 aromatic carbocycles. The van der Waals surface area contributed by atoms with Crippen LogP contribution in [0, 0.1) is 0 Å². The summed E-state index contributed by atoms with van der Waals surface area (Å²) in [6, 6.07) is 6.85. The third-order valence-corrected chi connectivity index (χ3v) is 4.72. The van der Waals surface area contributed by atoms with Crippen LogP contribution in [0.5, 0.6) is 5.75 Å². The molecule has 1 aromatic rings. The molecular weight excluding hydrogens is 347 g/mol. The molecule has 0 aliphatic heterocycles. The molecule has 0 spiro atoms. The fraction of sp³-hybridized carbons (Fsp3) is 0.684. The van der Waals surface area contributed by atoms with Crippen LogP contribution in [-0.4, -0.2) is 19.6 Å². The minimum atomic E-state index is -4.28. The molecule has 0 bridgehead atoms. The smallest absolute Gasteiger partial charge is 0.748 e. The minimum Gasteiger partial charge on any atom is -0.748 e. The van der Waals surface area contributed by atoms with Crippen molar-refractivity contribution in [2.75, 3.05) is 6.61 Å². The van der Waals surface area contributed by atoms with Gasteiger partial charge in [-0.1, -0.05) is 82.9 Å². The summed E-state index contributed by atoms with van der Waals surface area (Å²) < 4.78 is 38.4. The maximum Gasteiger partial charge on any atom is 1.00 e. The van der Waals surface area contributed by atoms with Gasteiger partial charge in [0.25, 0.3) is 0 Å². The van der Waals surface area contributed by atoms with Gasteiger partial charge in [0.05, 0.1) is 22.5 Å². The normalized spacial score (nSPS) is 11.1. The molecule has 0 aliphatic rings. The standard InChI is InChI=1S/C19H32O4S.Na/c1-2-3-4-5-6-7-8-9-10-13-16-23-19-15-12-11-14-18(19)17-24(20,21)22;/h11-12,14-15H,2-10,13,16-17H2,1H3,(H,20,21,22);/q;+1/p-1. The Labute approximate surface area is 175 Å². The topological polar surface area (TPSA) is 66.4 Å². The first-order chi connectivity index (χ1) is 11.5. The number of ether oxygens (including phenoxy) is 1. The molecule has 138 valence electrons. The van der Waals surface area contributed by atoms with Crippen molar-refractivity contribution >= 4 is 10.1 Å². The van der Waals surface area contributed by atoms with E-state index in [9.17, 15) is 13.0 Å². The number of hydrogen-bond donors (Lipinski definition) is 0. The van der Waals surface area contributed by atoms with E-state index in [0.29, 0.717) is 17.9 Å². The summed E-state index contributed by atoms with van der Waals surface area (Å²) in [5, 5.41) is 0. The maximum absolute atomic E-state index is 10.9. The fourth-order valence-electron chi connectivity index (χ4n) is 2.73. The molecule has 0 fully saturated rings. The summed E-state index contributed by atoms with van der Waals surface area (Å²) in [5.74, 6) is -0.00543. The van der Waals surface area contributed by atoms with Crippen molar-refractivity contribution in [2.45, 2.75) is 76.9 Å². The fourth-order valence-corrected chi connectivity index (χ4v) is 3.35. The van der Waals surface area contributed by atoms with Gasteiger partial charge in [-0.2, -0.15) is 0 Å². The predicted molar refractivity (Wildman–Crippen MR) is 97.2 cm³/mol. The average molecular weight is 379 g/mol. The molecule has 0 atom stereocenters. The molecule has 0 amide bonds. The summed E-state index contributed by atoms with van der Waals surface area (Å²) >= 11 is 0. The van der Waals surface area contributed by atoms with Crippen LogP contribution in [0.1, 0.15) is 76.7 Å². The van der Waals surface area contributed by atoms with Gasteiger partial charge in [0.1, 0.15) is 5.75 Å². The quantitative estimate of drug-likeness (QED) is 0.282. The Hall–Kier alpha value is -0.0700. The Morgan fingerprint density at radius 1 is 0.880 bits per heavy atom. The van der Waals surface area contributed by atoms with Crippen LogP contribution < -0.4 is 34.3 Å². The molecule has 1 rings (SSSR count). The van der Waals surface area contributed by atoms with Crippen molar-refractivity contribution in [1.82, 2.24) is 0 Å². The number of rotatable bonds is 14. The summed E-state index contributed by atoms with van der Waals surface area (Å²) in [6.45, 7) is 2.80. The van der Waals surface area contributed by atoms with E-state index in [1.165, 1.54) is 51.4 Å². The van der Waals surface area contributed by atoms with Gasteiger partial charge in [0.15, 0.2) is 0 Å². The molecule has 25 heavy (non-hydrogen) atoms. The van der Waals surface area contributed by atoms with E-state index in [0.717, 1.165) is 12.8 Å². The van der Waals surface area contributed by atoms with E-state index < -0.39 is 15.9 Å². The van der Waals surface area contributed by atoms with Crippen molar-refractivity contribution in [3.8, 4) is 5.75 Å². The molecule has 0 aromatic heterocycles. The summed E-state index contributed by atoms with van der Waals surface area (Å²) in [4.78, 5) is 0. The molecule has 0 heterocycles. The van der Waals surface area contributed by atoms with E-state index in [2.05, 4.69) is 6.92 Å². The second kappa shape index (κ2) is 15.0. The van der Waals surface area contributed by atoms with Crippen LogP contribution in [0.3, 0.4) is 0 Å². The first kappa shape index (κ1) is 24.9. The van der Waals surface area contributed by atoms with Gasteiger partial charge in [-0.3, -0.25) is 0 Å². The summed E-state index contributed by atoms with van der Waals surface area (Å²) in [5.41, 5.74) is 0.444. The zero-order valence-electron chi connectivity index (χ0n) is 15.8. The van der Waals surface area contributed by atoms with Crippen LogP contribution in [0.25, 0.3) is 0 Å². The van der Waals surface area contributed by atoms with Crippen LogP contribution in [0.2, 0.25) is 0 Å². The molecule has 0 N–H and O–H groups in total. The van der Waals surface area contributed by atoms with Crippen molar-refractivity contribution in [3.05, 3.63) is 29.8 Å². The van der Waals surface area contributed by atoms with Gasteiger partial charge >= 0.3 is 29.6 Å². The van der Waals surface area contributed by atoms with E-state index >= 15 is 0 Å². The third kappa shape index (κ3) is 13.8. The van der Waals surface area contributed by atoms with E-state index in [4.69, 9.17) is 4.74 Å². The van der Waals surface area contributed by atoms with E-state index in [-0.39, 0.29) is 29.6 Å². The monoisotopic (exact) mass is 378 g/mol. The Kier molecular flexibility index (Phi) is 15.0. The Bertz CT molecular complexity index is 546. The zero-order valence-corrected chi connectivity index (χ0v) is 18.7. The minimum absolute atomic E-state index is 0.